The third-order valence-electron chi connectivity index (χ3n) is 29.8. The highest BCUT2D eigenvalue weighted by Crippen LogP contribution is 2.51. The number of benzene rings is 18. The quantitative estimate of drug-likeness (QED) is 0.110. The minimum Gasteiger partial charge on any atom is -0.278 e. The molecule has 678 valence electrons. The van der Waals surface area contributed by atoms with E-state index in [4.69, 9.17) is 44.9 Å². The first-order chi connectivity index (χ1) is 72.5. The fourth-order valence-corrected chi connectivity index (χ4v) is 26.0. The van der Waals surface area contributed by atoms with Crippen molar-refractivity contribution in [3.8, 4) is 114 Å². The first kappa shape index (κ1) is 80.3. The van der Waals surface area contributed by atoms with E-state index < -0.39 is 0 Å². The summed E-state index contributed by atoms with van der Waals surface area (Å²) in [6, 6.07) is 154. The maximum atomic E-state index is 6.12. The Hall–Kier alpha value is -19.5. The molecule has 146 heavy (non-hydrogen) atoms. The van der Waals surface area contributed by atoms with Crippen LogP contribution >= 0.6 is 22.7 Å². The predicted molar refractivity (Wildman–Crippen MR) is 598 cm³/mol. The van der Waals surface area contributed by atoms with Crippen LogP contribution in [-0.4, -0.2) is 81.1 Å². The zero-order valence-electron chi connectivity index (χ0n) is 77.6. The Morgan fingerprint density at radius 2 is 0.548 bits per heavy atom. The third-order valence-corrected chi connectivity index (χ3v) is 32.2. The van der Waals surface area contributed by atoms with Gasteiger partial charge in [-0.05, 0) is 150 Å². The van der Waals surface area contributed by atoms with Crippen LogP contribution in [0.1, 0.15) is 0 Å². The molecule has 0 spiro atoms. The molecule has 0 amide bonds. The summed E-state index contributed by atoms with van der Waals surface area (Å²) < 4.78 is 23.1. The molecule has 17 nitrogen and oxygen atoms in total. The highest BCUT2D eigenvalue weighted by molar-refractivity contribution is 7.26. The molecule has 0 aliphatic carbocycles. The summed E-state index contributed by atoms with van der Waals surface area (Å²) in [7, 11) is 0. The van der Waals surface area contributed by atoms with Crippen molar-refractivity contribution >= 4 is 206 Å². The molecule has 0 aliphatic rings. The smallest absolute Gasteiger partial charge is 0.241 e. The number of para-hydroxylation sites is 9. The highest BCUT2D eigenvalue weighted by atomic mass is 32.1. The minimum atomic E-state index is 0.409. The number of rotatable bonds is 13. The number of nitrogens with zero attached hydrogens (tertiary/aromatic N) is 17. The second-order valence-electron chi connectivity index (χ2n) is 37.4. The lowest BCUT2D eigenvalue weighted by molar-refractivity contribution is 0.848. The summed E-state index contributed by atoms with van der Waals surface area (Å²) in [5.41, 5.74) is 30.2. The van der Waals surface area contributed by atoms with E-state index in [2.05, 4.69) is 455 Å². The van der Waals surface area contributed by atoms with E-state index in [1.54, 1.807) is 22.7 Å². The SMILES string of the molecule is c1ccc(-c2cc(-c3ccccc3)nc(-n3c4ccccc4c4ccc5c(nc6n(-c7ccccc7-c7ccccc7-c7nccc8c7sc7ccccc78)c7ccc(-c8cccc9c8c8ccccc8n9-c8nc(-n9c%10ccccc%10c%10ccccc%109)nc(-n9c%10ccccc%10c%10ccc%11c(nc%12n(-c%13ccccc%13-c%13ccccc%13-c%13nccc%14c%13sc%13ccccc%13%14)c%13ccccc%13n%11%12)c%109)n8)cc7n56)c43)n2)cc1. The van der Waals surface area contributed by atoms with E-state index in [9.17, 15) is 0 Å². The van der Waals surface area contributed by atoms with Crippen molar-refractivity contribution < 1.29 is 0 Å². The number of thiophene rings is 2. The zero-order chi connectivity index (χ0) is 95.2. The Morgan fingerprint density at radius 3 is 1.05 bits per heavy atom. The van der Waals surface area contributed by atoms with Crippen LogP contribution in [0.3, 0.4) is 0 Å². The van der Waals surface area contributed by atoms with Gasteiger partial charge in [-0.25, -0.2) is 19.9 Å². The molecule has 14 heterocycles. The van der Waals surface area contributed by atoms with Gasteiger partial charge in [-0.1, -0.05) is 303 Å². The largest absolute Gasteiger partial charge is 0.278 e. The van der Waals surface area contributed by atoms with Crippen LogP contribution < -0.4 is 0 Å². The van der Waals surface area contributed by atoms with Gasteiger partial charge in [0.1, 0.15) is 11.0 Å². The molecular weight excluding hydrogens is 1830 g/mol. The van der Waals surface area contributed by atoms with Crippen molar-refractivity contribution in [1.82, 2.24) is 81.1 Å². The molecule has 0 saturated heterocycles. The Balaban J connectivity index is 0.624. The van der Waals surface area contributed by atoms with Gasteiger partial charge in [-0.15, -0.1) is 22.7 Å². The monoisotopic (exact) mass is 1900 g/mol. The maximum absolute atomic E-state index is 6.12. The Bertz CT molecular complexity index is 11100. The van der Waals surface area contributed by atoms with Gasteiger partial charge in [0.05, 0.1) is 121 Å². The van der Waals surface area contributed by atoms with Crippen LogP contribution in [0.25, 0.3) is 297 Å². The van der Waals surface area contributed by atoms with Crippen LogP contribution in [0.15, 0.2) is 443 Å². The van der Waals surface area contributed by atoms with E-state index in [0.717, 1.165) is 242 Å². The average molecular weight is 1900 g/mol. The summed E-state index contributed by atoms with van der Waals surface area (Å²) in [4.78, 5) is 51.6. The second kappa shape index (κ2) is 31.0. The normalized spacial score (nSPS) is 12.2. The topological polar surface area (TPSA) is 154 Å². The van der Waals surface area contributed by atoms with Crippen LogP contribution in [0.4, 0.5) is 0 Å². The van der Waals surface area contributed by atoms with Crippen molar-refractivity contribution in [3.05, 3.63) is 443 Å². The van der Waals surface area contributed by atoms with Gasteiger partial charge < -0.3 is 0 Å². The Kier molecular flexibility index (Phi) is 17.1. The van der Waals surface area contributed by atoms with Crippen molar-refractivity contribution in [3.63, 3.8) is 0 Å². The van der Waals surface area contributed by atoms with Gasteiger partial charge in [0.2, 0.25) is 35.3 Å². The lowest BCUT2D eigenvalue weighted by Gasteiger charge is -2.16. The van der Waals surface area contributed by atoms with Crippen LogP contribution in [0.5, 0.6) is 0 Å². The fraction of sp³-hybridized carbons (Fsp3) is 0. The molecule has 0 N–H and O–H groups in total. The molecule has 0 unspecified atom stereocenters. The van der Waals surface area contributed by atoms with Gasteiger partial charge >= 0.3 is 0 Å². The van der Waals surface area contributed by atoms with E-state index >= 15 is 0 Å². The molecule has 32 aromatic rings. The summed E-state index contributed by atoms with van der Waals surface area (Å²) in [6.07, 6.45) is 3.92. The van der Waals surface area contributed by atoms with Gasteiger partial charge in [-0.3, -0.25) is 46.2 Å². The van der Waals surface area contributed by atoms with Crippen LogP contribution in [-0.2, 0) is 0 Å². The first-order valence-electron chi connectivity index (χ1n) is 48.9. The summed E-state index contributed by atoms with van der Waals surface area (Å²) in [5.74, 6) is 3.27. The number of aromatic nitrogens is 17. The average Bonchev–Trinajstić information content (AvgIpc) is 1.53. The highest BCUT2D eigenvalue weighted by Gasteiger charge is 2.33. The molecule has 0 saturated carbocycles. The Morgan fingerprint density at radius 1 is 0.192 bits per heavy atom. The molecule has 0 radical (unpaired) electrons. The number of imidazole rings is 4. The zero-order valence-corrected chi connectivity index (χ0v) is 79.2. The van der Waals surface area contributed by atoms with Crippen LogP contribution in [0.2, 0.25) is 0 Å². The molecule has 0 aliphatic heterocycles. The summed E-state index contributed by atoms with van der Waals surface area (Å²) in [6.45, 7) is 0. The molecule has 0 atom stereocenters. The molecule has 0 bridgehead atoms. The summed E-state index contributed by atoms with van der Waals surface area (Å²) in [5, 5.41) is 13.1. The van der Waals surface area contributed by atoms with Gasteiger partial charge in [0.25, 0.3) is 0 Å². The lowest BCUT2D eigenvalue weighted by Crippen LogP contribution is -2.13. The molecular formula is C127H73N17S2. The third kappa shape index (κ3) is 11.6. The van der Waals surface area contributed by atoms with Crippen molar-refractivity contribution in [2.24, 2.45) is 0 Å². The van der Waals surface area contributed by atoms with E-state index in [0.29, 0.717) is 23.8 Å². The van der Waals surface area contributed by atoms with E-state index in [1.807, 2.05) is 24.5 Å². The molecule has 32 rings (SSSR count). The maximum Gasteiger partial charge on any atom is 0.241 e. The number of hydrogen-bond donors (Lipinski definition) is 0. The molecule has 18 aromatic carbocycles. The number of pyridine rings is 2. The Labute approximate surface area is 837 Å². The van der Waals surface area contributed by atoms with Crippen LogP contribution in [0, 0.1) is 0 Å². The van der Waals surface area contributed by atoms with Crippen molar-refractivity contribution in [2.45, 2.75) is 0 Å². The number of hydrogen-bond acceptors (Lipinski definition) is 11. The molecule has 19 heteroatoms. The van der Waals surface area contributed by atoms with Gasteiger partial charge in [0.15, 0.2) is 0 Å². The first-order valence-corrected chi connectivity index (χ1v) is 50.5. The number of fused-ring (bicyclic) bond motifs is 30. The van der Waals surface area contributed by atoms with E-state index in [1.165, 1.54) is 30.9 Å². The summed E-state index contributed by atoms with van der Waals surface area (Å²) >= 11 is 3.58. The second-order valence-corrected chi connectivity index (χ2v) is 39.5. The minimum absolute atomic E-state index is 0.409. The fourth-order valence-electron chi connectivity index (χ4n) is 23.6. The van der Waals surface area contributed by atoms with Crippen molar-refractivity contribution in [2.75, 3.05) is 0 Å². The molecule has 14 aromatic heterocycles. The van der Waals surface area contributed by atoms with E-state index in [-0.39, 0.29) is 0 Å². The van der Waals surface area contributed by atoms with Gasteiger partial charge in [0, 0.05) is 120 Å². The van der Waals surface area contributed by atoms with Crippen molar-refractivity contribution in [1.29, 1.82) is 0 Å². The lowest BCUT2D eigenvalue weighted by atomic mass is 9.95. The standard InChI is InChI=1S/C127H73N17S2/c1-3-32-74(33-4-1)95-73-96(75-34-5-2-6-35-75)131-122(130-95)143-101-54-24-15-42-84(101)90-64-67-109-117(118(90)143)133-127-140(100-53-23-12-39-81(100)79-37-8-10-47-89(79)115-121-93(69-71-129-115)87-45-19-30-61-112(87)146-121)106-65-62-76(72-110(106)142(109)127)77-49-31-59-107-113(77)94-48-17-26-56-103(94)138(107)124-134-123(137-97-50-20-13-40-82(97)83-41-14-21-51-98(83)137)135-125(136-124)144-102-55-25-16-43-85(102)91-63-66-108-116(119(91)144)132-126-139(104-57-27-28-58-105(104)141(108)126)99-52-22-11-38-80(99)78-36-7-9-46-88(78)114-120-92(68-70-128-114)86-44-18-29-60-111(86)145-120/h1-73H. The van der Waals surface area contributed by atoms with Gasteiger partial charge in [-0.2, -0.15) is 15.0 Å². The molecule has 0 fully saturated rings. The predicted octanol–water partition coefficient (Wildman–Crippen LogP) is 31.7.